The zero-order valence-electron chi connectivity index (χ0n) is 24.0. The Morgan fingerprint density at radius 1 is 1.10 bits per heavy atom. The molecule has 1 aromatic heterocycles. The molecule has 2 saturated heterocycles. The maximum absolute atomic E-state index is 13.3. The van der Waals surface area contributed by atoms with Crippen LogP contribution in [0.2, 0.25) is 5.15 Å². The van der Waals surface area contributed by atoms with Crippen LogP contribution >= 0.6 is 23.4 Å². The van der Waals surface area contributed by atoms with Crippen molar-refractivity contribution < 1.29 is 14.3 Å². The summed E-state index contributed by atoms with van der Waals surface area (Å²) in [6, 6.07) is 9.68. The number of thioether (sulfide) groups is 1. The van der Waals surface area contributed by atoms with Gasteiger partial charge in [0.1, 0.15) is 11.0 Å². The Morgan fingerprint density at radius 3 is 2.50 bits per heavy atom. The van der Waals surface area contributed by atoms with Gasteiger partial charge < -0.3 is 19.9 Å². The number of hydrogen-bond acceptors (Lipinski definition) is 8. The first-order chi connectivity index (χ1) is 19.1. The number of piperazine rings is 1. The van der Waals surface area contributed by atoms with Crippen LogP contribution in [0.4, 0.5) is 5.82 Å². The van der Waals surface area contributed by atoms with Gasteiger partial charge in [0.2, 0.25) is 5.91 Å². The van der Waals surface area contributed by atoms with Gasteiger partial charge in [-0.2, -0.15) is 0 Å². The highest BCUT2D eigenvalue weighted by molar-refractivity contribution is 7.99. The molecular weight excluding hydrogens is 548 g/mol. The number of anilines is 1. The molecule has 0 aliphatic carbocycles. The molecule has 3 heterocycles. The van der Waals surface area contributed by atoms with Gasteiger partial charge in [-0.15, -0.1) is 0 Å². The lowest BCUT2D eigenvalue weighted by molar-refractivity contribution is -0.118. The molecule has 1 N–H and O–H groups in total. The second kappa shape index (κ2) is 14.0. The van der Waals surface area contributed by atoms with Crippen molar-refractivity contribution in [2.75, 3.05) is 69.7 Å². The van der Waals surface area contributed by atoms with E-state index < -0.39 is 0 Å². The van der Waals surface area contributed by atoms with E-state index in [0.717, 1.165) is 39.3 Å². The molecule has 40 heavy (non-hydrogen) atoms. The van der Waals surface area contributed by atoms with Crippen molar-refractivity contribution in [3.05, 3.63) is 46.6 Å². The monoisotopic (exact) mass is 588 g/mol. The van der Waals surface area contributed by atoms with Crippen molar-refractivity contribution in [1.29, 1.82) is 0 Å². The molecule has 4 rings (SSSR count). The number of nitrogens with zero attached hydrogens (tertiary/aromatic N) is 5. The molecule has 2 aliphatic rings. The molecule has 1 unspecified atom stereocenters. The number of halogens is 1. The van der Waals surface area contributed by atoms with Gasteiger partial charge in [0, 0.05) is 56.9 Å². The topological polar surface area (TPSA) is 90.9 Å². The maximum atomic E-state index is 13.3. The highest BCUT2D eigenvalue weighted by Crippen LogP contribution is 2.26. The molecule has 2 fully saturated rings. The first-order valence-electron chi connectivity index (χ1n) is 14.0. The Labute approximate surface area is 247 Å². The third kappa shape index (κ3) is 8.55. The van der Waals surface area contributed by atoms with E-state index >= 15 is 0 Å². The van der Waals surface area contributed by atoms with E-state index in [4.69, 9.17) is 16.3 Å². The number of benzene rings is 1. The van der Waals surface area contributed by atoms with Crippen molar-refractivity contribution in [3.8, 4) is 0 Å². The van der Waals surface area contributed by atoms with E-state index in [1.54, 1.807) is 6.07 Å². The van der Waals surface area contributed by atoms with Gasteiger partial charge >= 0.3 is 0 Å². The van der Waals surface area contributed by atoms with Gasteiger partial charge in [-0.1, -0.05) is 56.3 Å². The van der Waals surface area contributed by atoms with Crippen LogP contribution in [-0.2, 0) is 14.9 Å². The molecule has 1 atom stereocenters. The maximum Gasteiger partial charge on any atom is 0.254 e. The molecule has 2 aromatic rings. The number of carbonyl (C=O) groups is 2. The van der Waals surface area contributed by atoms with Crippen LogP contribution in [-0.4, -0.2) is 102 Å². The van der Waals surface area contributed by atoms with E-state index in [0.29, 0.717) is 47.9 Å². The molecule has 11 heteroatoms. The molecule has 0 radical (unpaired) electrons. The minimum Gasteiger partial charge on any atom is -0.379 e. The summed E-state index contributed by atoms with van der Waals surface area (Å²) in [6.07, 6.45) is 0.906. The van der Waals surface area contributed by atoms with Crippen LogP contribution in [0.1, 0.15) is 50.0 Å². The number of amides is 2. The Hall–Kier alpha value is -2.40. The van der Waals surface area contributed by atoms with E-state index in [-0.39, 0.29) is 29.0 Å². The summed E-state index contributed by atoms with van der Waals surface area (Å²) < 4.78 is 5.37. The zero-order chi connectivity index (χ0) is 28.7. The second-order valence-electron chi connectivity index (χ2n) is 11.4. The van der Waals surface area contributed by atoms with Crippen LogP contribution in [0.25, 0.3) is 0 Å². The summed E-state index contributed by atoms with van der Waals surface area (Å²) in [7, 11) is 0. The average Bonchev–Trinajstić information content (AvgIpc) is 2.94. The van der Waals surface area contributed by atoms with Crippen molar-refractivity contribution in [2.45, 2.75) is 50.7 Å². The highest BCUT2D eigenvalue weighted by atomic mass is 35.5. The number of carbonyl (C=O) groups excluding carboxylic acids is 2. The number of hydrogen-bond donors (Lipinski definition) is 1. The molecular formula is C29H41ClN6O3S. The predicted molar refractivity (Wildman–Crippen MR) is 161 cm³/mol. The van der Waals surface area contributed by atoms with Gasteiger partial charge in [0.15, 0.2) is 5.16 Å². The lowest BCUT2D eigenvalue weighted by Gasteiger charge is -2.40. The Kier molecular flexibility index (Phi) is 10.7. The number of rotatable bonds is 9. The lowest BCUT2D eigenvalue weighted by Crippen LogP contribution is -2.54. The fraction of sp³-hybridized carbons (Fsp3) is 0.586. The first-order valence-corrected chi connectivity index (χ1v) is 15.4. The Balaban J connectivity index is 1.26. The smallest absolute Gasteiger partial charge is 0.254 e. The van der Waals surface area contributed by atoms with Gasteiger partial charge in [-0.05, 0) is 43.0 Å². The third-order valence-electron chi connectivity index (χ3n) is 7.28. The minimum absolute atomic E-state index is 0.00312. The Morgan fingerprint density at radius 2 is 1.82 bits per heavy atom. The molecule has 2 aliphatic heterocycles. The average molecular weight is 589 g/mol. The van der Waals surface area contributed by atoms with Crippen LogP contribution in [0.15, 0.2) is 35.5 Å². The summed E-state index contributed by atoms with van der Waals surface area (Å²) in [4.78, 5) is 41.0. The molecule has 218 valence electrons. The van der Waals surface area contributed by atoms with Crippen molar-refractivity contribution in [3.63, 3.8) is 0 Å². The van der Waals surface area contributed by atoms with Crippen molar-refractivity contribution in [1.82, 2.24) is 25.1 Å². The summed E-state index contributed by atoms with van der Waals surface area (Å²) >= 11 is 7.61. The van der Waals surface area contributed by atoms with Crippen molar-refractivity contribution >= 4 is 41.0 Å². The number of aromatic nitrogens is 2. The number of nitrogens with one attached hydrogen (secondary N) is 1. The third-order valence-corrected chi connectivity index (χ3v) is 8.32. The normalized spacial score (nSPS) is 18.6. The second-order valence-corrected chi connectivity index (χ2v) is 12.7. The molecule has 2 amide bonds. The van der Waals surface area contributed by atoms with Gasteiger partial charge in [-0.3, -0.25) is 14.5 Å². The fourth-order valence-electron chi connectivity index (χ4n) is 4.89. The number of ether oxygens (including phenoxy) is 1. The molecule has 9 nitrogen and oxygen atoms in total. The van der Waals surface area contributed by atoms with Crippen LogP contribution in [0.3, 0.4) is 0 Å². The van der Waals surface area contributed by atoms with E-state index in [1.807, 2.05) is 29.2 Å². The van der Waals surface area contributed by atoms with Gasteiger partial charge in [0.25, 0.3) is 5.91 Å². The minimum atomic E-state index is -0.0478. The van der Waals surface area contributed by atoms with E-state index in [9.17, 15) is 9.59 Å². The van der Waals surface area contributed by atoms with Crippen LogP contribution < -0.4 is 10.2 Å². The van der Waals surface area contributed by atoms with Crippen LogP contribution in [0, 0.1) is 0 Å². The molecule has 1 aromatic carbocycles. The van der Waals surface area contributed by atoms with Crippen molar-refractivity contribution in [2.24, 2.45) is 0 Å². The van der Waals surface area contributed by atoms with Gasteiger partial charge in [-0.25, -0.2) is 9.97 Å². The summed E-state index contributed by atoms with van der Waals surface area (Å²) in [5.41, 5.74) is 1.96. The summed E-state index contributed by atoms with van der Waals surface area (Å²) in [5, 5.41) is 3.78. The predicted octanol–water partition coefficient (Wildman–Crippen LogP) is 3.71. The summed E-state index contributed by atoms with van der Waals surface area (Å²) in [6.45, 7) is 15.5. The standard InChI is InChI=1S/C29H41ClN6O3S/c1-21-19-35(12-13-36(21)27(38)22-6-8-23(9-7-22)29(2,3)4)25-18-24(30)32-28(33-25)40-20-26(37)31-10-5-11-34-14-16-39-17-15-34/h6-9,18,21H,5,10-17,19-20H2,1-4H3,(H,31,37). The number of morpholine rings is 1. The van der Waals surface area contributed by atoms with E-state index in [2.05, 4.69) is 52.8 Å². The SMILES string of the molecule is CC1CN(c2cc(Cl)nc(SCC(=O)NCCCN3CCOCC3)n2)CCN1C(=O)c1ccc(C(C)(C)C)cc1. The highest BCUT2D eigenvalue weighted by Gasteiger charge is 2.29. The van der Waals surface area contributed by atoms with E-state index in [1.165, 1.54) is 17.3 Å². The van der Waals surface area contributed by atoms with Gasteiger partial charge in [0.05, 0.1) is 19.0 Å². The summed E-state index contributed by atoms with van der Waals surface area (Å²) in [5.74, 6) is 0.931. The molecule has 0 spiro atoms. The van der Waals surface area contributed by atoms with Crippen LogP contribution in [0.5, 0.6) is 0 Å². The lowest BCUT2D eigenvalue weighted by atomic mass is 9.86. The molecule has 0 bridgehead atoms. The zero-order valence-corrected chi connectivity index (χ0v) is 25.6. The fourth-order valence-corrected chi connectivity index (χ4v) is 5.81. The first kappa shape index (κ1) is 30.6. The molecule has 0 saturated carbocycles. The largest absolute Gasteiger partial charge is 0.379 e. The Bertz CT molecular complexity index is 1150. The quantitative estimate of drug-likeness (QED) is 0.205.